The summed E-state index contributed by atoms with van der Waals surface area (Å²) in [6, 6.07) is 9.45. The second-order valence-electron chi connectivity index (χ2n) is 5.20. The molecule has 2 amide bonds. The van der Waals surface area contributed by atoms with Gasteiger partial charge in [0, 0.05) is 13.5 Å². The Morgan fingerprint density at radius 1 is 1.33 bits per heavy atom. The average molecular weight is 246 g/mol. The summed E-state index contributed by atoms with van der Waals surface area (Å²) in [7, 11) is 0. The number of benzene rings is 1. The number of nitrogens with one attached hydrogen (secondary N) is 1. The summed E-state index contributed by atoms with van der Waals surface area (Å²) in [5, 5.41) is 2.70. The lowest BCUT2D eigenvalue weighted by atomic mass is 9.81. The first-order chi connectivity index (χ1) is 8.43. The van der Waals surface area contributed by atoms with Crippen LogP contribution in [0, 0.1) is 0 Å². The molecule has 96 valence electrons. The Hall–Kier alpha value is -1.84. The molecule has 0 spiro atoms. The maximum atomic E-state index is 12.0. The van der Waals surface area contributed by atoms with Crippen LogP contribution in [0.15, 0.2) is 30.3 Å². The smallest absolute Gasteiger partial charge is 0.248 e. The van der Waals surface area contributed by atoms with E-state index in [2.05, 4.69) is 5.32 Å². The van der Waals surface area contributed by atoms with E-state index >= 15 is 0 Å². The normalized spacial score (nSPS) is 21.4. The van der Waals surface area contributed by atoms with Gasteiger partial charge in [0.15, 0.2) is 0 Å². The lowest BCUT2D eigenvalue weighted by Gasteiger charge is -2.54. The molecule has 0 bridgehead atoms. The Bertz CT molecular complexity index is 468. The Morgan fingerprint density at radius 3 is 2.44 bits per heavy atom. The van der Waals surface area contributed by atoms with Crippen molar-refractivity contribution in [1.82, 2.24) is 10.2 Å². The minimum absolute atomic E-state index is 0.0148. The molecule has 4 nitrogen and oxygen atoms in total. The number of rotatable bonds is 3. The number of likely N-dealkylation sites (tertiary alicyclic amines) is 1. The van der Waals surface area contributed by atoms with Crippen molar-refractivity contribution < 1.29 is 9.59 Å². The van der Waals surface area contributed by atoms with E-state index in [1.54, 1.807) is 4.90 Å². The first kappa shape index (κ1) is 12.6. The maximum absolute atomic E-state index is 12.0. The molecule has 1 aromatic carbocycles. The topological polar surface area (TPSA) is 49.4 Å². The van der Waals surface area contributed by atoms with Gasteiger partial charge in [0.1, 0.15) is 6.04 Å². The molecule has 1 aliphatic heterocycles. The highest BCUT2D eigenvalue weighted by atomic mass is 16.2. The highest BCUT2D eigenvalue weighted by molar-refractivity contribution is 5.94. The van der Waals surface area contributed by atoms with Crippen molar-refractivity contribution in [2.75, 3.05) is 0 Å². The summed E-state index contributed by atoms with van der Waals surface area (Å²) in [5.74, 6) is -0.181. The van der Waals surface area contributed by atoms with Gasteiger partial charge in [-0.2, -0.15) is 0 Å². The molecule has 1 fully saturated rings. The summed E-state index contributed by atoms with van der Waals surface area (Å²) < 4.78 is 0. The Kier molecular flexibility index (Phi) is 3.11. The van der Waals surface area contributed by atoms with Crippen LogP contribution in [-0.4, -0.2) is 28.3 Å². The standard InChI is InChI=1S/C14H18N2O2/c1-10(17)15-12-13(18)16(14(12,2)3)9-11-7-5-4-6-8-11/h4-8,12H,9H2,1-3H3,(H,15,17)/t12-/m0/s1. The highest BCUT2D eigenvalue weighted by Crippen LogP contribution is 2.33. The third kappa shape index (κ3) is 2.10. The molecular weight excluding hydrogens is 228 g/mol. The number of carbonyl (C=O) groups is 2. The lowest BCUT2D eigenvalue weighted by molar-refractivity contribution is -0.163. The fraction of sp³-hybridized carbons (Fsp3) is 0.429. The molecule has 0 aliphatic carbocycles. The third-order valence-electron chi connectivity index (χ3n) is 3.45. The second kappa shape index (κ2) is 4.44. The van der Waals surface area contributed by atoms with E-state index in [-0.39, 0.29) is 17.4 Å². The fourth-order valence-electron chi connectivity index (χ4n) is 2.32. The molecule has 1 heterocycles. The lowest BCUT2D eigenvalue weighted by Crippen LogP contribution is -2.76. The summed E-state index contributed by atoms with van der Waals surface area (Å²) in [4.78, 5) is 24.9. The van der Waals surface area contributed by atoms with Crippen molar-refractivity contribution in [3.63, 3.8) is 0 Å². The zero-order valence-electron chi connectivity index (χ0n) is 10.9. The van der Waals surface area contributed by atoms with Gasteiger partial charge in [-0.1, -0.05) is 30.3 Å². The van der Waals surface area contributed by atoms with Gasteiger partial charge in [0.2, 0.25) is 11.8 Å². The van der Waals surface area contributed by atoms with Crippen LogP contribution in [0.5, 0.6) is 0 Å². The van der Waals surface area contributed by atoms with E-state index in [1.807, 2.05) is 44.2 Å². The van der Waals surface area contributed by atoms with Gasteiger partial charge in [0.05, 0.1) is 5.54 Å². The SMILES string of the molecule is CC(=O)N[C@H]1C(=O)N(Cc2ccccc2)C1(C)C. The predicted octanol–water partition coefficient (Wildman–Crippen LogP) is 1.31. The monoisotopic (exact) mass is 246 g/mol. The van der Waals surface area contributed by atoms with Crippen LogP contribution in [0.1, 0.15) is 26.3 Å². The molecule has 2 rings (SSSR count). The summed E-state index contributed by atoms with van der Waals surface area (Å²) >= 11 is 0. The molecule has 4 heteroatoms. The van der Waals surface area contributed by atoms with E-state index in [0.29, 0.717) is 6.54 Å². The van der Waals surface area contributed by atoms with Crippen molar-refractivity contribution in [2.24, 2.45) is 0 Å². The molecule has 1 N–H and O–H groups in total. The Labute approximate surface area is 107 Å². The Morgan fingerprint density at radius 2 is 1.94 bits per heavy atom. The zero-order chi connectivity index (χ0) is 13.3. The first-order valence-corrected chi connectivity index (χ1v) is 6.05. The van der Waals surface area contributed by atoms with Crippen LogP contribution >= 0.6 is 0 Å². The number of β-lactam (4-membered cyclic amide) rings is 1. The van der Waals surface area contributed by atoms with Gasteiger partial charge in [0.25, 0.3) is 0 Å². The van der Waals surface area contributed by atoms with Crippen LogP contribution < -0.4 is 5.32 Å². The first-order valence-electron chi connectivity index (χ1n) is 6.05. The number of nitrogens with zero attached hydrogens (tertiary/aromatic N) is 1. The quantitative estimate of drug-likeness (QED) is 0.818. The van der Waals surface area contributed by atoms with Crippen LogP contribution in [0.3, 0.4) is 0 Å². The van der Waals surface area contributed by atoms with E-state index in [4.69, 9.17) is 0 Å². The highest BCUT2D eigenvalue weighted by Gasteiger charge is 2.54. The molecule has 1 aliphatic rings. The van der Waals surface area contributed by atoms with Crippen molar-refractivity contribution in [2.45, 2.75) is 38.9 Å². The molecule has 18 heavy (non-hydrogen) atoms. The predicted molar refractivity (Wildman–Crippen MR) is 68.7 cm³/mol. The Balaban J connectivity index is 2.08. The summed E-state index contributed by atoms with van der Waals surface area (Å²) in [6.07, 6.45) is 0. The van der Waals surface area contributed by atoms with Crippen LogP contribution in [0.4, 0.5) is 0 Å². The van der Waals surface area contributed by atoms with E-state index < -0.39 is 6.04 Å². The number of hydrogen-bond acceptors (Lipinski definition) is 2. The maximum Gasteiger partial charge on any atom is 0.248 e. The van der Waals surface area contributed by atoms with Crippen molar-refractivity contribution in [1.29, 1.82) is 0 Å². The van der Waals surface area contributed by atoms with Crippen LogP contribution in [-0.2, 0) is 16.1 Å². The van der Waals surface area contributed by atoms with E-state index in [0.717, 1.165) is 5.56 Å². The van der Waals surface area contributed by atoms with Gasteiger partial charge in [-0.3, -0.25) is 9.59 Å². The largest absolute Gasteiger partial charge is 0.342 e. The molecule has 0 aromatic heterocycles. The van der Waals surface area contributed by atoms with Gasteiger partial charge in [-0.05, 0) is 19.4 Å². The molecule has 0 unspecified atom stereocenters. The number of carbonyl (C=O) groups excluding carboxylic acids is 2. The molecule has 0 radical (unpaired) electrons. The van der Waals surface area contributed by atoms with Gasteiger partial charge >= 0.3 is 0 Å². The molecule has 0 saturated carbocycles. The third-order valence-corrected chi connectivity index (χ3v) is 3.45. The van der Waals surface area contributed by atoms with Gasteiger partial charge in [-0.25, -0.2) is 0 Å². The number of hydrogen-bond donors (Lipinski definition) is 1. The number of amides is 2. The molecule has 1 atom stereocenters. The molecule has 1 aromatic rings. The molecule has 1 saturated heterocycles. The van der Waals surface area contributed by atoms with Crippen molar-refractivity contribution in [3.05, 3.63) is 35.9 Å². The minimum atomic E-state index is -0.404. The average Bonchev–Trinajstić information content (AvgIpc) is 2.34. The second-order valence-corrected chi connectivity index (χ2v) is 5.20. The fourth-order valence-corrected chi connectivity index (χ4v) is 2.32. The van der Waals surface area contributed by atoms with Crippen molar-refractivity contribution in [3.8, 4) is 0 Å². The minimum Gasteiger partial charge on any atom is -0.342 e. The van der Waals surface area contributed by atoms with E-state index in [1.165, 1.54) is 6.92 Å². The zero-order valence-corrected chi connectivity index (χ0v) is 10.9. The summed E-state index contributed by atoms with van der Waals surface area (Å²) in [5.41, 5.74) is 0.763. The van der Waals surface area contributed by atoms with Crippen LogP contribution in [0.2, 0.25) is 0 Å². The van der Waals surface area contributed by atoms with Gasteiger partial charge in [-0.15, -0.1) is 0 Å². The van der Waals surface area contributed by atoms with Crippen LogP contribution in [0.25, 0.3) is 0 Å². The summed E-state index contributed by atoms with van der Waals surface area (Å²) in [6.45, 7) is 5.96. The van der Waals surface area contributed by atoms with Crippen molar-refractivity contribution >= 4 is 11.8 Å². The van der Waals surface area contributed by atoms with E-state index in [9.17, 15) is 9.59 Å². The molecular formula is C14H18N2O2. The van der Waals surface area contributed by atoms with Gasteiger partial charge < -0.3 is 10.2 Å².